The predicted octanol–water partition coefficient (Wildman–Crippen LogP) is 1.76. The van der Waals surface area contributed by atoms with E-state index in [1.807, 2.05) is 51.1 Å². The lowest BCUT2D eigenvalue weighted by molar-refractivity contribution is 0.0270. The molecule has 0 bridgehead atoms. The number of hydrogen-bond acceptors (Lipinski definition) is 4. The lowest BCUT2D eigenvalue weighted by Crippen LogP contribution is -2.39. The van der Waals surface area contributed by atoms with Gasteiger partial charge in [-0.05, 0) is 26.3 Å². The monoisotopic (exact) mass is 292 g/mol. The summed E-state index contributed by atoms with van der Waals surface area (Å²) in [7, 11) is 0. The van der Waals surface area contributed by atoms with Gasteiger partial charge in [0.25, 0.3) is 0 Å². The van der Waals surface area contributed by atoms with E-state index < -0.39 is 11.7 Å². The number of hydrogen-bond donors (Lipinski definition) is 2. The van der Waals surface area contributed by atoms with Crippen LogP contribution in [0, 0.1) is 0 Å². The molecule has 21 heavy (non-hydrogen) atoms. The summed E-state index contributed by atoms with van der Waals surface area (Å²) >= 11 is 0. The van der Waals surface area contributed by atoms with E-state index in [0.29, 0.717) is 19.6 Å². The van der Waals surface area contributed by atoms with Gasteiger partial charge in [-0.25, -0.2) is 4.79 Å². The summed E-state index contributed by atoms with van der Waals surface area (Å²) < 4.78 is 5.33. The standard InChI is InChI=1S/C16H24N2O3/c1-16(2,3)21-15(20)18-10-13(14(19)11-18)17-9-12-7-5-4-6-8-12/h4-8,13-14,17,19H,9-11H2,1-3H3/t13-,14+/m1/s1. The molecule has 0 aromatic heterocycles. The summed E-state index contributed by atoms with van der Waals surface area (Å²) in [4.78, 5) is 13.5. The van der Waals surface area contributed by atoms with E-state index in [4.69, 9.17) is 4.74 Å². The molecule has 0 unspecified atom stereocenters. The summed E-state index contributed by atoms with van der Waals surface area (Å²) in [5.74, 6) is 0. The fourth-order valence-electron chi connectivity index (χ4n) is 2.31. The van der Waals surface area contributed by atoms with Crippen LogP contribution < -0.4 is 5.32 Å². The molecule has 0 aliphatic carbocycles. The smallest absolute Gasteiger partial charge is 0.410 e. The minimum absolute atomic E-state index is 0.127. The largest absolute Gasteiger partial charge is 0.444 e. The second-order valence-corrected chi connectivity index (χ2v) is 6.43. The number of rotatable bonds is 3. The number of carbonyl (C=O) groups excluding carboxylic acids is 1. The molecule has 2 rings (SSSR count). The Morgan fingerprint density at radius 2 is 2.00 bits per heavy atom. The maximum atomic E-state index is 12.0. The summed E-state index contributed by atoms with van der Waals surface area (Å²) in [5.41, 5.74) is 0.637. The summed E-state index contributed by atoms with van der Waals surface area (Å²) in [6, 6.07) is 9.86. The maximum absolute atomic E-state index is 12.0. The van der Waals surface area contributed by atoms with Crippen molar-refractivity contribution in [2.75, 3.05) is 13.1 Å². The van der Waals surface area contributed by atoms with E-state index in [-0.39, 0.29) is 12.1 Å². The Kier molecular flexibility index (Phi) is 4.85. The third kappa shape index (κ3) is 4.72. The number of carbonyl (C=O) groups is 1. The van der Waals surface area contributed by atoms with Crippen LogP contribution in [0.25, 0.3) is 0 Å². The molecule has 5 nitrogen and oxygen atoms in total. The molecule has 1 aliphatic heterocycles. The van der Waals surface area contributed by atoms with Crippen LogP contribution in [-0.2, 0) is 11.3 Å². The van der Waals surface area contributed by atoms with Crippen LogP contribution in [0.5, 0.6) is 0 Å². The highest BCUT2D eigenvalue weighted by Crippen LogP contribution is 2.16. The van der Waals surface area contributed by atoms with E-state index in [0.717, 1.165) is 5.56 Å². The number of nitrogens with one attached hydrogen (secondary N) is 1. The Labute approximate surface area is 125 Å². The van der Waals surface area contributed by atoms with Gasteiger partial charge in [-0.2, -0.15) is 0 Å². The van der Waals surface area contributed by atoms with Crippen molar-refractivity contribution in [1.82, 2.24) is 10.2 Å². The van der Waals surface area contributed by atoms with Gasteiger partial charge in [-0.1, -0.05) is 30.3 Å². The molecule has 1 aromatic carbocycles. The van der Waals surface area contributed by atoms with Crippen LogP contribution in [-0.4, -0.2) is 46.9 Å². The van der Waals surface area contributed by atoms with Crippen molar-refractivity contribution in [2.45, 2.75) is 45.1 Å². The zero-order valence-corrected chi connectivity index (χ0v) is 12.9. The van der Waals surface area contributed by atoms with Crippen molar-refractivity contribution in [3.8, 4) is 0 Å². The molecule has 1 fully saturated rings. The van der Waals surface area contributed by atoms with Gasteiger partial charge in [0, 0.05) is 13.1 Å². The molecule has 1 aliphatic rings. The van der Waals surface area contributed by atoms with Crippen molar-refractivity contribution in [1.29, 1.82) is 0 Å². The molecule has 116 valence electrons. The number of amides is 1. The Morgan fingerprint density at radius 1 is 1.33 bits per heavy atom. The third-order valence-corrected chi connectivity index (χ3v) is 3.35. The van der Waals surface area contributed by atoms with Crippen LogP contribution in [0.1, 0.15) is 26.3 Å². The van der Waals surface area contributed by atoms with E-state index >= 15 is 0 Å². The van der Waals surface area contributed by atoms with Gasteiger partial charge in [0.15, 0.2) is 0 Å². The van der Waals surface area contributed by atoms with Gasteiger partial charge in [0.05, 0.1) is 18.7 Å². The fourth-order valence-corrected chi connectivity index (χ4v) is 2.31. The Balaban J connectivity index is 1.85. The number of nitrogens with zero attached hydrogens (tertiary/aromatic N) is 1. The number of aliphatic hydroxyl groups excluding tert-OH is 1. The number of aliphatic hydroxyl groups is 1. The highest BCUT2D eigenvalue weighted by atomic mass is 16.6. The molecule has 2 atom stereocenters. The summed E-state index contributed by atoms with van der Waals surface area (Å²) in [5, 5.41) is 13.4. The van der Waals surface area contributed by atoms with Crippen LogP contribution in [0.15, 0.2) is 30.3 Å². The van der Waals surface area contributed by atoms with Crippen molar-refractivity contribution in [3.63, 3.8) is 0 Å². The molecule has 2 N–H and O–H groups in total. The van der Waals surface area contributed by atoms with E-state index in [1.165, 1.54) is 0 Å². The second kappa shape index (κ2) is 6.45. The quantitative estimate of drug-likeness (QED) is 0.891. The highest BCUT2D eigenvalue weighted by Gasteiger charge is 2.35. The first-order valence-corrected chi connectivity index (χ1v) is 7.28. The van der Waals surface area contributed by atoms with Crippen molar-refractivity contribution in [3.05, 3.63) is 35.9 Å². The van der Waals surface area contributed by atoms with E-state index in [2.05, 4.69) is 5.32 Å². The zero-order valence-electron chi connectivity index (χ0n) is 12.9. The Morgan fingerprint density at radius 3 is 2.62 bits per heavy atom. The Bertz CT molecular complexity index is 470. The zero-order chi connectivity index (χ0) is 15.5. The molecule has 1 heterocycles. The molecular formula is C16H24N2O3. The number of likely N-dealkylation sites (tertiary alicyclic amines) is 1. The lowest BCUT2D eigenvalue weighted by atomic mass is 10.2. The summed E-state index contributed by atoms with van der Waals surface area (Å²) in [6.45, 7) is 6.95. The first kappa shape index (κ1) is 15.8. The van der Waals surface area contributed by atoms with Gasteiger partial charge in [0.1, 0.15) is 5.60 Å². The number of ether oxygens (including phenoxy) is 1. The molecule has 0 saturated carbocycles. The van der Waals surface area contributed by atoms with Gasteiger partial charge < -0.3 is 20.1 Å². The van der Waals surface area contributed by atoms with Crippen molar-refractivity contribution in [2.24, 2.45) is 0 Å². The van der Waals surface area contributed by atoms with Crippen LogP contribution in [0.3, 0.4) is 0 Å². The molecule has 1 aromatic rings. The molecule has 0 spiro atoms. The maximum Gasteiger partial charge on any atom is 0.410 e. The molecule has 5 heteroatoms. The molecule has 1 saturated heterocycles. The lowest BCUT2D eigenvalue weighted by Gasteiger charge is -2.24. The molecular weight excluding hydrogens is 268 g/mol. The number of benzene rings is 1. The minimum Gasteiger partial charge on any atom is -0.444 e. The first-order chi connectivity index (χ1) is 9.85. The average molecular weight is 292 g/mol. The van der Waals surface area contributed by atoms with Gasteiger partial charge in [-0.3, -0.25) is 0 Å². The van der Waals surface area contributed by atoms with Crippen molar-refractivity contribution >= 4 is 6.09 Å². The summed E-state index contributed by atoms with van der Waals surface area (Å²) in [6.07, 6.45) is -0.938. The predicted molar refractivity (Wildman–Crippen MR) is 80.9 cm³/mol. The van der Waals surface area contributed by atoms with Gasteiger partial charge in [-0.15, -0.1) is 0 Å². The first-order valence-electron chi connectivity index (χ1n) is 7.28. The fraction of sp³-hybridized carbons (Fsp3) is 0.562. The van der Waals surface area contributed by atoms with Crippen LogP contribution in [0.2, 0.25) is 0 Å². The number of β-amino-alcohol motifs (C(OH)–C–C–N with tert-alkyl or cyclic N) is 1. The van der Waals surface area contributed by atoms with Crippen LogP contribution >= 0.6 is 0 Å². The third-order valence-electron chi connectivity index (χ3n) is 3.35. The minimum atomic E-state index is -0.568. The average Bonchev–Trinajstić information content (AvgIpc) is 2.77. The van der Waals surface area contributed by atoms with Crippen LogP contribution in [0.4, 0.5) is 4.79 Å². The topological polar surface area (TPSA) is 61.8 Å². The highest BCUT2D eigenvalue weighted by molar-refractivity contribution is 5.68. The van der Waals surface area contributed by atoms with Gasteiger partial charge >= 0.3 is 6.09 Å². The SMILES string of the molecule is CC(C)(C)OC(=O)N1C[C@H](O)[C@H](NCc2ccccc2)C1. The van der Waals surface area contributed by atoms with Gasteiger partial charge in [0.2, 0.25) is 0 Å². The van der Waals surface area contributed by atoms with Crippen molar-refractivity contribution < 1.29 is 14.6 Å². The van der Waals surface area contributed by atoms with E-state index in [1.54, 1.807) is 4.90 Å². The molecule has 0 radical (unpaired) electrons. The van der Waals surface area contributed by atoms with E-state index in [9.17, 15) is 9.90 Å². The normalized spacial score (nSPS) is 22.4. The Hall–Kier alpha value is -1.59. The molecule has 1 amide bonds. The second-order valence-electron chi connectivity index (χ2n) is 6.43.